The molecule has 146 valence electrons. The number of nitrogens with one attached hydrogen (secondary N) is 2. The fourth-order valence-electron chi connectivity index (χ4n) is 1.93. The Kier molecular flexibility index (Phi) is 6.71. The van der Waals surface area contributed by atoms with Crippen LogP contribution in [0.1, 0.15) is 26.3 Å². The molecule has 0 aromatic carbocycles. The molecule has 0 bridgehead atoms. The van der Waals surface area contributed by atoms with Gasteiger partial charge in [-0.2, -0.15) is 4.39 Å². The van der Waals surface area contributed by atoms with Crippen molar-refractivity contribution in [1.29, 1.82) is 0 Å². The van der Waals surface area contributed by atoms with Crippen LogP contribution in [0, 0.1) is 5.95 Å². The van der Waals surface area contributed by atoms with Gasteiger partial charge in [-0.1, -0.05) is 20.8 Å². The number of anilines is 2. The number of rotatable bonds is 5. The molecule has 0 saturated carbocycles. The van der Waals surface area contributed by atoms with Gasteiger partial charge in [0.1, 0.15) is 4.60 Å². The van der Waals surface area contributed by atoms with Gasteiger partial charge in [0.25, 0.3) is 0 Å². The molecule has 9 heteroatoms. The normalized spacial score (nSPS) is 12.0. The number of halogens is 2. The molecule has 0 unspecified atom stereocenters. The minimum Gasteiger partial charge on any atom is -0.412 e. The summed E-state index contributed by atoms with van der Waals surface area (Å²) in [6.45, 7) is 10.9. The zero-order valence-electron chi connectivity index (χ0n) is 16.1. The van der Waals surface area contributed by atoms with Crippen molar-refractivity contribution < 1.29 is 13.6 Å². The quantitative estimate of drug-likeness (QED) is 0.458. The Labute approximate surface area is 168 Å². The maximum atomic E-state index is 13.6. The van der Waals surface area contributed by atoms with Crippen LogP contribution in [0.3, 0.4) is 0 Å². The third-order valence-corrected chi connectivity index (χ3v) is 9.49. The van der Waals surface area contributed by atoms with Crippen LogP contribution >= 0.6 is 15.9 Å². The van der Waals surface area contributed by atoms with Crippen LogP contribution in [-0.4, -0.2) is 24.3 Å². The Morgan fingerprint density at radius 2 is 1.96 bits per heavy atom. The van der Waals surface area contributed by atoms with E-state index in [1.165, 1.54) is 12.3 Å². The van der Waals surface area contributed by atoms with Gasteiger partial charge in [0.05, 0.1) is 12.3 Å². The number of hydrogen-bond donors (Lipinski definition) is 2. The van der Waals surface area contributed by atoms with Crippen molar-refractivity contribution in [2.75, 3.05) is 10.6 Å². The van der Waals surface area contributed by atoms with Crippen molar-refractivity contribution in [1.82, 2.24) is 9.97 Å². The highest BCUT2D eigenvalue weighted by Gasteiger charge is 2.37. The molecule has 2 heterocycles. The molecule has 0 atom stereocenters. The molecule has 2 aromatic heterocycles. The van der Waals surface area contributed by atoms with E-state index in [1.54, 1.807) is 18.3 Å². The van der Waals surface area contributed by atoms with Crippen molar-refractivity contribution in [3.63, 3.8) is 0 Å². The maximum Gasteiger partial charge on any atom is 0.323 e. The molecule has 0 aliphatic rings. The first-order valence-corrected chi connectivity index (χ1v) is 12.2. The van der Waals surface area contributed by atoms with Gasteiger partial charge >= 0.3 is 6.03 Å². The molecule has 2 N–H and O–H groups in total. The third-order valence-electron chi connectivity index (χ3n) is 4.58. The summed E-state index contributed by atoms with van der Waals surface area (Å²) in [6, 6.07) is 4.01. The fourth-order valence-corrected chi connectivity index (χ4v) is 3.24. The Hall–Kier alpha value is -1.84. The minimum absolute atomic E-state index is 0.0418. The summed E-state index contributed by atoms with van der Waals surface area (Å²) in [5, 5.41) is 5.39. The minimum atomic E-state index is -1.99. The van der Waals surface area contributed by atoms with Crippen LogP contribution in [0.5, 0.6) is 0 Å². The molecule has 0 radical (unpaired) electrons. The van der Waals surface area contributed by atoms with Crippen molar-refractivity contribution >= 4 is 41.7 Å². The molecule has 6 nitrogen and oxygen atoms in total. The van der Waals surface area contributed by atoms with Gasteiger partial charge < -0.3 is 15.1 Å². The average Bonchev–Trinajstić information content (AvgIpc) is 2.53. The molecular formula is C18H24BrFN4O2Si. The Morgan fingerprint density at radius 1 is 1.26 bits per heavy atom. The summed E-state index contributed by atoms with van der Waals surface area (Å²) in [4.78, 5) is 20.0. The van der Waals surface area contributed by atoms with Crippen LogP contribution in [0.2, 0.25) is 18.1 Å². The van der Waals surface area contributed by atoms with Crippen molar-refractivity contribution in [2.24, 2.45) is 0 Å². The molecule has 2 amide bonds. The van der Waals surface area contributed by atoms with Gasteiger partial charge in [0.15, 0.2) is 8.32 Å². The Bertz CT molecular complexity index is 827. The lowest BCUT2D eigenvalue weighted by atomic mass is 10.2. The number of urea groups is 1. The van der Waals surface area contributed by atoms with Crippen LogP contribution in [-0.2, 0) is 11.0 Å². The molecule has 2 aromatic rings. The average molecular weight is 455 g/mol. The summed E-state index contributed by atoms with van der Waals surface area (Å²) < 4.78 is 20.4. The number of carbonyl (C=O) groups excluding carboxylic acids is 1. The van der Waals surface area contributed by atoms with E-state index in [0.717, 1.165) is 0 Å². The van der Waals surface area contributed by atoms with Crippen molar-refractivity contribution in [3.05, 3.63) is 46.7 Å². The Balaban J connectivity index is 2.12. The number of carbonyl (C=O) groups is 1. The van der Waals surface area contributed by atoms with E-state index in [0.29, 0.717) is 21.5 Å². The van der Waals surface area contributed by atoms with E-state index in [9.17, 15) is 9.18 Å². The Morgan fingerprint density at radius 3 is 2.59 bits per heavy atom. The second-order valence-electron chi connectivity index (χ2n) is 7.66. The molecule has 0 spiro atoms. The SMILES string of the molecule is CC(C)(C)[Si](C)(C)OCc1cnc(F)cc1NC(=O)Nc1ccnc(Br)c1. The number of amides is 2. The standard InChI is InChI=1S/C18H24BrFN4O2Si/c1-18(2,3)27(4,5)26-11-12-10-22-16(20)9-14(12)24-17(25)23-13-6-7-21-15(19)8-13/h6-10H,11H2,1-5H3,(H2,21,22,23,24,25). The number of hydrogen-bond acceptors (Lipinski definition) is 4. The molecule has 27 heavy (non-hydrogen) atoms. The van der Waals surface area contributed by atoms with E-state index >= 15 is 0 Å². The van der Waals surface area contributed by atoms with E-state index in [1.807, 2.05) is 0 Å². The van der Waals surface area contributed by atoms with Gasteiger partial charge in [-0.3, -0.25) is 0 Å². The lowest BCUT2D eigenvalue weighted by Gasteiger charge is -2.36. The van der Waals surface area contributed by atoms with Gasteiger partial charge in [-0.25, -0.2) is 14.8 Å². The second kappa shape index (κ2) is 8.45. The highest BCUT2D eigenvalue weighted by atomic mass is 79.9. The molecule has 0 aliphatic carbocycles. The summed E-state index contributed by atoms with van der Waals surface area (Å²) >= 11 is 3.24. The number of nitrogens with zero attached hydrogens (tertiary/aromatic N) is 2. The van der Waals surface area contributed by atoms with Crippen LogP contribution < -0.4 is 10.6 Å². The first-order chi connectivity index (χ1) is 12.5. The molecule has 0 saturated heterocycles. The number of pyridine rings is 2. The molecule has 0 aliphatic heterocycles. The van der Waals surface area contributed by atoms with Crippen LogP contribution in [0.4, 0.5) is 20.6 Å². The summed E-state index contributed by atoms with van der Waals surface area (Å²) in [7, 11) is -1.99. The van der Waals surface area contributed by atoms with Crippen LogP contribution in [0.15, 0.2) is 35.2 Å². The molecular weight excluding hydrogens is 431 g/mol. The highest BCUT2D eigenvalue weighted by Crippen LogP contribution is 2.37. The largest absolute Gasteiger partial charge is 0.412 e. The fraction of sp³-hybridized carbons (Fsp3) is 0.389. The third kappa shape index (κ3) is 6.08. The molecule has 2 rings (SSSR count). The van der Waals surface area contributed by atoms with Gasteiger partial charge in [0, 0.05) is 29.7 Å². The lowest BCUT2D eigenvalue weighted by molar-refractivity contribution is 0.261. The predicted molar refractivity (Wildman–Crippen MR) is 111 cm³/mol. The monoisotopic (exact) mass is 454 g/mol. The first-order valence-electron chi connectivity index (χ1n) is 8.46. The maximum absolute atomic E-state index is 13.6. The summed E-state index contributed by atoms with van der Waals surface area (Å²) in [5.41, 5.74) is 1.50. The van der Waals surface area contributed by atoms with E-state index in [4.69, 9.17) is 4.43 Å². The van der Waals surface area contributed by atoms with Crippen molar-refractivity contribution in [3.8, 4) is 0 Å². The highest BCUT2D eigenvalue weighted by molar-refractivity contribution is 9.10. The summed E-state index contributed by atoms with van der Waals surface area (Å²) in [5.74, 6) is -0.673. The molecule has 0 fully saturated rings. The smallest absolute Gasteiger partial charge is 0.323 e. The van der Waals surface area contributed by atoms with Crippen LogP contribution in [0.25, 0.3) is 0 Å². The zero-order chi connectivity index (χ0) is 20.2. The predicted octanol–water partition coefficient (Wildman–Crippen LogP) is 5.54. The first kappa shape index (κ1) is 21.5. The van der Waals surface area contributed by atoms with Gasteiger partial charge in [-0.15, -0.1) is 0 Å². The van der Waals surface area contributed by atoms with E-state index in [-0.39, 0.29) is 11.6 Å². The zero-order valence-corrected chi connectivity index (χ0v) is 18.6. The topological polar surface area (TPSA) is 76.1 Å². The number of aromatic nitrogens is 2. The summed E-state index contributed by atoms with van der Waals surface area (Å²) in [6.07, 6.45) is 2.95. The second-order valence-corrected chi connectivity index (χ2v) is 13.3. The lowest BCUT2D eigenvalue weighted by Crippen LogP contribution is -2.40. The van der Waals surface area contributed by atoms with Gasteiger partial charge in [0.2, 0.25) is 5.95 Å². The van der Waals surface area contributed by atoms with E-state index < -0.39 is 20.3 Å². The van der Waals surface area contributed by atoms with Gasteiger partial charge in [-0.05, 0) is 46.2 Å². The van der Waals surface area contributed by atoms with E-state index in [2.05, 4.69) is 70.4 Å². The van der Waals surface area contributed by atoms with Crippen molar-refractivity contribution in [2.45, 2.75) is 45.5 Å².